The van der Waals surface area contributed by atoms with Crippen molar-refractivity contribution in [2.75, 3.05) is 6.54 Å². The molecule has 1 amide bonds. The minimum absolute atomic E-state index is 0.00509. The predicted molar refractivity (Wildman–Crippen MR) is 83.6 cm³/mol. The summed E-state index contributed by atoms with van der Waals surface area (Å²) in [7, 11) is 0. The molecule has 1 aromatic heterocycles. The average molecular weight is 312 g/mol. The molecule has 2 aromatic rings. The van der Waals surface area contributed by atoms with Gasteiger partial charge in [0.05, 0.1) is 11.8 Å². The number of amides is 1. The van der Waals surface area contributed by atoms with Crippen LogP contribution in [0, 0.1) is 5.82 Å². The van der Waals surface area contributed by atoms with E-state index in [1.807, 2.05) is 18.2 Å². The minimum Gasteiger partial charge on any atom is -0.335 e. The second-order valence-electron chi connectivity index (χ2n) is 5.64. The number of hydrogen-bond acceptors (Lipinski definition) is 3. The van der Waals surface area contributed by atoms with Crippen molar-refractivity contribution in [1.82, 2.24) is 9.88 Å². The lowest BCUT2D eigenvalue weighted by Gasteiger charge is -2.24. The summed E-state index contributed by atoms with van der Waals surface area (Å²) in [4.78, 5) is 30.2. The molecule has 0 spiro atoms. The average Bonchev–Trinajstić information content (AvgIpc) is 3.03. The van der Waals surface area contributed by atoms with E-state index < -0.39 is 5.82 Å². The fraction of sp³-hybridized carbons (Fsp3) is 0.278. The van der Waals surface area contributed by atoms with Gasteiger partial charge in [-0.2, -0.15) is 0 Å². The highest BCUT2D eigenvalue weighted by Gasteiger charge is 2.32. The van der Waals surface area contributed by atoms with Gasteiger partial charge in [-0.05, 0) is 18.9 Å². The van der Waals surface area contributed by atoms with Crippen molar-refractivity contribution in [2.45, 2.75) is 25.3 Å². The fourth-order valence-electron chi connectivity index (χ4n) is 2.97. The van der Waals surface area contributed by atoms with E-state index in [0.717, 1.165) is 19.0 Å². The van der Waals surface area contributed by atoms with Crippen LogP contribution < -0.4 is 0 Å². The normalized spacial score (nSPS) is 17.3. The first kappa shape index (κ1) is 15.3. The number of carbonyl (C=O) groups excluding carboxylic acids is 2. The van der Waals surface area contributed by atoms with Crippen LogP contribution in [0.15, 0.2) is 48.8 Å². The van der Waals surface area contributed by atoms with Gasteiger partial charge in [0.1, 0.15) is 0 Å². The summed E-state index contributed by atoms with van der Waals surface area (Å²) >= 11 is 0. The molecule has 1 aromatic carbocycles. The van der Waals surface area contributed by atoms with E-state index in [9.17, 15) is 14.0 Å². The summed E-state index contributed by atoms with van der Waals surface area (Å²) < 4.78 is 13.8. The van der Waals surface area contributed by atoms with E-state index >= 15 is 0 Å². The zero-order chi connectivity index (χ0) is 16.2. The fourth-order valence-corrected chi connectivity index (χ4v) is 2.97. The molecule has 5 heteroatoms. The summed E-state index contributed by atoms with van der Waals surface area (Å²) in [6.07, 6.45) is 4.29. The molecule has 1 saturated heterocycles. The van der Waals surface area contributed by atoms with E-state index in [-0.39, 0.29) is 29.7 Å². The van der Waals surface area contributed by atoms with Crippen molar-refractivity contribution >= 4 is 11.7 Å². The Morgan fingerprint density at radius 2 is 2.00 bits per heavy atom. The molecule has 1 atom stereocenters. The van der Waals surface area contributed by atoms with Crippen LogP contribution in [0.5, 0.6) is 0 Å². The van der Waals surface area contributed by atoms with E-state index in [2.05, 4.69) is 4.98 Å². The number of pyridine rings is 1. The summed E-state index contributed by atoms with van der Waals surface area (Å²) in [6, 6.07) is 10.2. The van der Waals surface area contributed by atoms with E-state index in [1.54, 1.807) is 17.0 Å². The van der Waals surface area contributed by atoms with Gasteiger partial charge in [-0.3, -0.25) is 14.6 Å². The predicted octanol–water partition coefficient (Wildman–Crippen LogP) is 3.10. The first-order valence-corrected chi connectivity index (χ1v) is 7.65. The SMILES string of the molecule is O=C(CC1CCCN1C(=O)c1ccncc1F)c1ccccc1. The number of rotatable bonds is 4. The van der Waals surface area contributed by atoms with E-state index in [4.69, 9.17) is 0 Å². The molecule has 1 aliphatic rings. The lowest BCUT2D eigenvalue weighted by Crippen LogP contribution is -2.37. The first-order chi connectivity index (χ1) is 11.2. The molecule has 0 N–H and O–H groups in total. The molecular formula is C18H17FN2O2. The number of nitrogens with zero attached hydrogens (tertiary/aromatic N) is 2. The number of ketones is 1. The largest absolute Gasteiger partial charge is 0.335 e. The van der Waals surface area contributed by atoms with E-state index in [1.165, 1.54) is 12.3 Å². The summed E-state index contributed by atoms with van der Waals surface area (Å²) in [5.41, 5.74) is 0.654. The topological polar surface area (TPSA) is 50.3 Å². The highest BCUT2D eigenvalue weighted by molar-refractivity contribution is 5.98. The first-order valence-electron chi connectivity index (χ1n) is 7.65. The van der Waals surface area contributed by atoms with Gasteiger partial charge in [-0.25, -0.2) is 4.39 Å². The van der Waals surface area contributed by atoms with Crippen LogP contribution in [0.25, 0.3) is 0 Å². The van der Waals surface area contributed by atoms with Crippen LogP contribution in [0.3, 0.4) is 0 Å². The Bertz CT molecular complexity index is 718. The number of carbonyl (C=O) groups is 2. The van der Waals surface area contributed by atoms with Crippen molar-refractivity contribution in [2.24, 2.45) is 0 Å². The Labute approximate surface area is 134 Å². The number of Topliss-reactive ketones (excluding diaryl/α,β-unsaturated/α-hetero) is 1. The van der Waals surface area contributed by atoms with Crippen LogP contribution in [0.1, 0.15) is 40.0 Å². The van der Waals surface area contributed by atoms with Gasteiger partial charge >= 0.3 is 0 Å². The third kappa shape index (κ3) is 3.28. The van der Waals surface area contributed by atoms with Crippen molar-refractivity contribution in [3.8, 4) is 0 Å². The molecule has 0 radical (unpaired) electrons. The zero-order valence-corrected chi connectivity index (χ0v) is 12.6. The second kappa shape index (κ2) is 6.69. The maximum atomic E-state index is 13.8. The third-order valence-electron chi connectivity index (χ3n) is 4.16. The molecule has 2 heterocycles. The number of aromatic nitrogens is 1. The molecule has 1 aliphatic heterocycles. The summed E-state index contributed by atoms with van der Waals surface area (Å²) in [6.45, 7) is 0.549. The Kier molecular flexibility index (Phi) is 4.46. The van der Waals surface area contributed by atoms with Crippen LogP contribution >= 0.6 is 0 Å². The lowest BCUT2D eigenvalue weighted by molar-refractivity contribution is 0.0712. The van der Waals surface area contributed by atoms with Gasteiger partial charge in [-0.1, -0.05) is 30.3 Å². The number of benzene rings is 1. The molecule has 1 fully saturated rings. The molecule has 4 nitrogen and oxygen atoms in total. The molecule has 23 heavy (non-hydrogen) atoms. The van der Waals surface area contributed by atoms with Crippen LogP contribution in [0.2, 0.25) is 0 Å². The third-order valence-corrected chi connectivity index (χ3v) is 4.16. The molecule has 3 rings (SSSR count). The number of hydrogen-bond donors (Lipinski definition) is 0. The molecule has 118 valence electrons. The molecule has 0 bridgehead atoms. The number of likely N-dealkylation sites (tertiary alicyclic amines) is 1. The lowest BCUT2D eigenvalue weighted by atomic mass is 10.0. The van der Waals surface area contributed by atoms with Gasteiger partial charge in [0.25, 0.3) is 5.91 Å². The van der Waals surface area contributed by atoms with Crippen molar-refractivity contribution in [1.29, 1.82) is 0 Å². The van der Waals surface area contributed by atoms with Crippen molar-refractivity contribution in [3.63, 3.8) is 0 Å². The zero-order valence-electron chi connectivity index (χ0n) is 12.6. The van der Waals surface area contributed by atoms with Gasteiger partial charge < -0.3 is 4.90 Å². The second-order valence-corrected chi connectivity index (χ2v) is 5.64. The smallest absolute Gasteiger partial charge is 0.257 e. The van der Waals surface area contributed by atoms with Crippen molar-refractivity contribution in [3.05, 3.63) is 65.7 Å². The standard InChI is InChI=1S/C18H17FN2O2/c19-16-12-20-9-8-15(16)18(23)21-10-4-7-14(21)11-17(22)13-5-2-1-3-6-13/h1-3,5-6,8-9,12,14H,4,7,10-11H2. The number of halogens is 1. The van der Waals surface area contributed by atoms with Crippen LogP contribution in [0.4, 0.5) is 4.39 Å². The van der Waals surface area contributed by atoms with E-state index in [0.29, 0.717) is 12.1 Å². The van der Waals surface area contributed by atoms with Crippen LogP contribution in [-0.4, -0.2) is 34.2 Å². The van der Waals surface area contributed by atoms with Gasteiger partial charge in [0, 0.05) is 30.8 Å². The molecule has 0 saturated carbocycles. The summed E-state index contributed by atoms with van der Waals surface area (Å²) in [5.74, 6) is -0.990. The molecular weight excluding hydrogens is 295 g/mol. The van der Waals surface area contributed by atoms with Crippen LogP contribution in [-0.2, 0) is 0 Å². The minimum atomic E-state index is -0.627. The van der Waals surface area contributed by atoms with Gasteiger partial charge in [0.15, 0.2) is 11.6 Å². The van der Waals surface area contributed by atoms with Crippen molar-refractivity contribution < 1.29 is 14.0 Å². The highest BCUT2D eigenvalue weighted by Crippen LogP contribution is 2.24. The Hall–Kier alpha value is -2.56. The Morgan fingerprint density at radius 1 is 1.22 bits per heavy atom. The Morgan fingerprint density at radius 3 is 2.74 bits per heavy atom. The highest BCUT2D eigenvalue weighted by atomic mass is 19.1. The molecule has 1 unspecified atom stereocenters. The van der Waals surface area contributed by atoms with Gasteiger partial charge in [-0.15, -0.1) is 0 Å². The monoisotopic (exact) mass is 312 g/mol. The molecule has 0 aliphatic carbocycles. The Balaban J connectivity index is 1.74. The van der Waals surface area contributed by atoms with Gasteiger partial charge in [0.2, 0.25) is 0 Å². The quantitative estimate of drug-likeness (QED) is 0.815. The maximum absolute atomic E-state index is 13.8. The summed E-state index contributed by atoms with van der Waals surface area (Å²) in [5, 5.41) is 0. The maximum Gasteiger partial charge on any atom is 0.257 e.